The van der Waals surface area contributed by atoms with Crippen molar-refractivity contribution in [3.63, 3.8) is 0 Å². The fourth-order valence-corrected chi connectivity index (χ4v) is 2.94. The second-order valence-electron chi connectivity index (χ2n) is 5.31. The van der Waals surface area contributed by atoms with Crippen molar-refractivity contribution in [2.45, 2.75) is 25.1 Å². The van der Waals surface area contributed by atoms with Crippen LogP contribution in [0.25, 0.3) is 0 Å². The Morgan fingerprint density at radius 1 is 1.29 bits per heavy atom. The molecule has 0 spiro atoms. The molecule has 17 heavy (non-hydrogen) atoms. The van der Waals surface area contributed by atoms with Crippen LogP contribution in [0.4, 0.5) is 4.39 Å². The Morgan fingerprint density at radius 2 is 2.12 bits per heavy atom. The Morgan fingerprint density at radius 3 is 2.88 bits per heavy atom. The molecule has 0 bridgehead atoms. The van der Waals surface area contributed by atoms with Crippen molar-refractivity contribution >= 4 is 0 Å². The van der Waals surface area contributed by atoms with E-state index in [2.05, 4.69) is 34.5 Å². The van der Waals surface area contributed by atoms with Gasteiger partial charge < -0.3 is 5.32 Å². The van der Waals surface area contributed by atoms with E-state index in [1.54, 1.807) is 0 Å². The molecule has 2 nitrogen and oxygen atoms in total. The summed E-state index contributed by atoms with van der Waals surface area (Å²) < 4.78 is 14.4. The first-order chi connectivity index (χ1) is 8.25. The minimum atomic E-state index is -1.01. The largest absolute Gasteiger partial charge is 0.313 e. The van der Waals surface area contributed by atoms with E-state index in [0.717, 1.165) is 26.1 Å². The van der Waals surface area contributed by atoms with Crippen LogP contribution in [-0.4, -0.2) is 36.7 Å². The molecule has 3 rings (SSSR count). The number of benzene rings is 1. The van der Waals surface area contributed by atoms with Gasteiger partial charge in [0.1, 0.15) is 5.67 Å². The normalized spacial score (nSPS) is 29.2. The van der Waals surface area contributed by atoms with Crippen LogP contribution >= 0.6 is 0 Å². The van der Waals surface area contributed by atoms with Gasteiger partial charge >= 0.3 is 0 Å². The number of alkyl halides is 1. The molecule has 0 saturated carbocycles. The van der Waals surface area contributed by atoms with Crippen LogP contribution in [0.1, 0.15) is 17.5 Å². The Labute approximate surface area is 102 Å². The zero-order valence-corrected chi connectivity index (χ0v) is 10.1. The average molecular weight is 234 g/mol. The first-order valence-electron chi connectivity index (χ1n) is 6.44. The zero-order chi connectivity index (χ0) is 11.7. The van der Waals surface area contributed by atoms with Gasteiger partial charge in [-0.2, -0.15) is 0 Å². The number of hydrogen-bond acceptors (Lipinski definition) is 2. The van der Waals surface area contributed by atoms with E-state index in [1.807, 2.05) is 0 Å². The van der Waals surface area contributed by atoms with Crippen LogP contribution in [-0.2, 0) is 13.0 Å². The van der Waals surface area contributed by atoms with Crippen LogP contribution in [0.3, 0.4) is 0 Å². The third-order valence-electron chi connectivity index (χ3n) is 3.91. The van der Waals surface area contributed by atoms with E-state index in [-0.39, 0.29) is 0 Å². The summed E-state index contributed by atoms with van der Waals surface area (Å²) in [5.41, 5.74) is 1.79. The fraction of sp³-hybridized carbons (Fsp3) is 0.571. The van der Waals surface area contributed by atoms with Crippen molar-refractivity contribution in [3.8, 4) is 0 Å². The molecule has 0 radical (unpaired) electrons. The Hall–Kier alpha value is -0.930. The number of rotatable bonds is 2. The topological polar surface area (TPSA) is 15.3 Å². The quantitative estimate of drug-likeness (QED) is 0.838. The van der Waals surface area contributed by atoms with E-state index < -0.39 is 5.67 Å². The Kier molecular flexibility index (Phi) is 2.89. The molecule has 1 atom stereocenters. The lowest BCUT2D eigenvalue weighted by Crippen LogP contribution is -2.43. The summed E-state index contributed by atoms with van der Waals surface area (Å²) in [4.78, 5) is 2.26. The van der Waals surface area contributed by atoms with Crippen LogP contribution in [0, 0.1) is 0 Å². The first kappa shape index (κ1) is 11.2. The zero-order valence-electron chi connectivity index (χ0n) is 10.1. The fourth-order valence-electron chi connectivity index (χ4n) is 2.94. The molecular weight excluding hydrogens is 215 g/mol. The monoisotopic (exact) mass is 234 g/mol. The molecule has 0 aliphatic carbocycles. The van der Waals surface area contributed by atoms with E-state index in [4.69, 9.17) is 0 Å². The molecule has 92 valence electrons. The number of halogens is 1. The molecule has 2 aliphatic rings. The Balaban J connectivity index is 1.68. The third kappa shape index (κ3) is 2.35. The molecule has 1 aromatic carbocycles. The molecule has 1 fully saturated rings. The van der Waals surface area contributed by atoms with E-state index in [1.165, 1.54) is 11.1 Å². The lowest BCUT2D eigenvalue weighted by molar-refractivity contribution is 0.101. The van der Waals surface area contributed by atoms with Crippen molar-refractivity contribution in [2.24, 2.45) is 0 Å². The number of hydrogen-bond donors (Lipinski definition) is 1. The highest BCUT2D eigenvalue weighted by molar-refractivity contribution is 5.29. The molecule has 1 saturated heterocycles. The van der Waals surface area contributed by atoms with Gasteiger partial charge in [0, 0.05) is 26.2 Å². The molecular formula is C14H19FN2. The van der Waals surface area contributed by atoms with Crippen molar-refractivity contribution in [1.29, 1.82) is 0 Å². The summed E-state index contributed by atoms with van der Waals surface area (Å²) >= 11 is 0. The Bertz CT molecular complexity index is 399. The third-order valence-corrected chi connectivity index (χ3v) is 3.91. The molecule has 0 amide bonds. The van der Waals surface area contributed by atoms with Crippen LogP contribution in [0.5, 0.6) is 0 Å². The first-order valence-corrected chi connectivity index (χ1v) is 6.44. The smallest absolute Gasteiger partial charge is 0.137 e. The van der Waals surface area contributed by atoms with Crippen LogP contribution in [0.2, 0.25) is 0 Å². The molecule has 2 heterocycles. The van der Waals surface area contributed by atoms with Crippen molar-refractivity contribution < 1.29 is 4.39 Å². The molecule has 1 N–H and O–H groups in total. The standard InChI is InChI=1S/C14H19FN2/c15-14(6-7-16-10-14)11-17-8-5-12-3-1-2-4-13(12)9-17/h1-4,16H,5-11H2. The maximum atomic E-state index is 14.4. The molecule has 3 heteroatoms. The molecule has 0 aromatic heterocycles. The van der Waals surface area contributed by atoms with Gasteiger partial charge in [-0.25, -0.2) is 4.39 Å². The van der Waals surface area contributed by atoms with Crippen LogP contribution in [0.15, 0.2) is 24.3 Å². The van der Waals surface area contributed by atoms with E-state index in [0.29, 0.717) is 19.5 Å². The molecule has 2 aliphatic heterocycles. The van der Waals surface area contributed by atoms with Gasteiger partial charge in [0.15, 0.2) is 0 Å². The predicted molar refractivity (Wildman–Crippen MR) is 66.7 cm³/mol. The summed E-state index contributed by atoms with van der Waals surface area (Å²) in [5.74, 6) is 0. The minimum Gasteiger partial charge on any atom is -0.313 e. The van der Waals surface area contributed by atoms with Gasteiger partial charge in [-0.15, -0.1) is 0 Å². The summed E-state index contributed by atoms with van der Waals surface area (Å²) in [5, 5.41) is 3.12. The second-order valence-corrected chi connectivity index (χ2v) is 5.31. The van der Waals surface area contributed by atoms with Gasteiger partial charge in [0.2, 0.25) is 0 Å². The highest BCUT2D eigenvalue weighted by Gasteiger charge is 2.36. The summed E-state index contributed by atoms with van der Waals surface area (Å²) in [6.07, 6.45) is 1.71. The second kappa shape index (κ2) is 4.39. The van der Waals surface area contributed by atoms with Crippen molar-refractivity contribution in [2.75, 3.05) is 26.2 Å². The lowest BCUT2D eigenvalue weighted by atomic mass is 9.97. The highest BCUT2D eigenvalue weighted by Crippen LogP contribution is 2.25. The number of nitrogens with zero attached hydrogens (tertiary/aromatic N) is 1. The lowest BCUT2D eigenvalue weighted by Gasteiger charge is -2.33. The van der Waals surface area contributed by atoms with E-state index in [9.17, 15) is 4.39 Å². The van der Waals surface area contributed by atoms with Gasteiger partial charge in [-0.05, 0) is 30.5 Å². The maximum Gasteiger partial charge on any atom is 0.137 e. The van der Waals surface area contributed by atoms with Gasteiger partial charge in [-0.3, -0.25) is 4.90 Å². The summed E-state index contributed by atoms with van der Waals surface area (Å²) in [6.45, 7) is 3.81. The minimum absolute atomic E-state index is 0.519. The van der Waals surface area contributed by atoms with Crippen molar-refractivity contribution in [3.05, 3.63) is 35.4 Å². The van der Waals surface area contributed by atoms with E-state index >= 15 is 0 Å². The van der Waals surface area contributed by atoms with Gasteiger partial charge in [-0.1, -0.05) is 24.3 Å². The predicted octanol–water partition coefficient (Wildman–Crippen LogP) is 1.75. The van der Waals surface area contributed by atoms with Crippen LogP contribution < -0.4 is 5.32 Å². The summed E-state index contributed by atoms with van der Waals surface area (Å²) in [6, 6.07) is 8.52. The average Bonchev–Trinajstić information content (AvgIpc) is 2.76. The maximum absolute atomic E-state index is 14.4. The van der Waals surface area contributed by atoms with Crippen molar-refractivity contribution in [1.82, 2.24) is 10.2 Å². The summed E-state index contributed by atoms with van der Waals surface area (Å²) in [7, 11) is 0. The van der Waals surface area contributed by atoms with Gasteiger partial charge in [0.05, 0.1) is 0 Å². The number of nitrogens with one attached hydrogen (secondary N) is 1. The highest BCUT2D eigenvalue weighted by atomic mass is 19.1. The molecule has 1 aromatic rings. The molecule has 1 unspecified atom stereocenters. The number of fused-ring (bicyclic) bond motifs is 1. The SMILES string of the molecule is FC1(CN2CCc3ccccc3C2)CCNC1. The van der Waals surface area contributed by atoms with Gasteiger partial charge in [0.25, 0.3) is 0 Å².